The number of anilines is 2. The van der Waals surface area contributed by atoms with Crippen LogP contribution < -0.4 is 5.32 Å². The number of amides is 1. The van der Waals surface area contributed by atoms with E-state index in [9.17, 15) is 13.6 Å². The summed E-state index contributed by atoms with van der Waals surface area (Å²) in [7, 11) is 1.72. The van der Waals surface area contributed by atoms with Crippen molar-refractivity contribution in [3.05, 3.63) is 47.3 Å². The smallest absolute Gasteiger partial charge is 0.272 e. The average molecular weight is 334 g/mol. The first-order chi connectivity index (χ1) is 11.4. The molecule has 0 aliphatic rings. The molecule has 0 fully saturated rings. The quantitative estimate of drug-likeness (QED) is 0.875. The van der Waals surface area contributed by atoms with Crippen molar-refractivity contribution in [3.63, 3.8) is 0 Å². The van der Waals surface area contributed by atoms with Crippen molar-refractivity contribution < 1.29 is 13.6 Å². The average Bonchev–Trinajstić information content (AvgIpc) is 2.54. The molecule has 1 amide bonds. The van der Waals surface area contributed by atoms with Crippen molar-refractivity contribution in [3.8, 4) is 0 Å². The van der Waals surface area contributed by atoms with E-state index in [1.54, 1.807) is 24.9 Å². The molecule has 0 spiro atoms. The first kappa shape index (κ1) is 17.8. The van der Waals surface area contributed by atoms with Gasteiger partial charge in [-0.1, -0.05) is 13.3 Å². The van der Waals surface area contributed by atoms with Crippen LogP contribution in [-0.2, 0) is 0 Å². The summed E-state index contributed by atoms with van der Waals surface area (Å²) in [4.78, 5) is 22.4. The van der Waals surface area contributed by atoms with Crippen molar-refractivity contribution >= 4 is 17.5 Å². The van der Waals surface area contributed by atoms with E-state index >= 15 is 0 Å². The van der Waals surface area contributed by atoms with Gasteiger partial charge in [-0.05, 0) is 31.5 Å². The van der Waals surface area contributed by atoms with Gasteiger partial charge >= 0.3 is 0 Å². The summed E-state index contributed by atoms with van der Waals surface area (Å²) in [6, 6.07) is 4.99. The number of carbonyl (C=O) groups excluding carboxylic acids is 1. The molecule has 128 valence electrons. The van der Waals surface area contributed by atoms with Crippen molar-refractivity contribution in [2.75, 3.05) is 18.9 Å². The van der Waals surface area contributed by atoms with Crippen LogP contribution in [0, 0.1) is 18.6 Å². The summed E-state index contributed by atoms with van der Waals surface area (Å²) in [5.41, 5.74) is 1.16. The molecule has 0 aliphatic carbocycles. The van der Waals surface area contributed by atoms with Gasteiger partial charge in [0.25, 0.3) is 5.91 Å². The van der Waals surface area contributed by atoms with Crippen molar-refractivity contribution in [1.82, 2.24) is 14.9 Å². The van der Waals surface area contributed by atoms with Gasteiger partial charge in [0.1, 0.15) is 5.69 Å². The molecule has 0 saturated heterocycles. The molecule has 24 heavy (non-hydrogen) atoms. The van der Waals surface area contributed by atoms with Crippen LogP contribution in [0.3, 0.4) is 0 Å². The predicted molar refractivity (Wildman–Crippen MR) is 88.3 cm³/mol. The summed E-state index contributed by atoms with van der Waals surface area (Å²) in [5, 5.41) is 2.79. The maximum Gasteiger partial charge on any atom is 0.272 e. The van der Waals surface area contributed by atoms with E-state index in [0.29, 0.717) is 17.9 Å². The van der Waals surface area contributed by atoms with Crippen LogP contribution in [0.25, 0.3) is 0 Å². The SMILES string of the molecule is CCCCN(C)C(=O)c1cc(C)nc(Nc2ccc(F)c(F)c2)n1. The van der Waals surface area contributed by atoms with E-state index in [-0.39, 0.29) is 17.5 Å². The summed E-state index contributed by atoms with van der Waals surface area (Å²) in [6.45, 7) is 4.43. The molecule has 2 rings (SSSR count). The Bertz CT molecular complexity index is 737. The van der Waals surface area contributed by atoms with Crippen LogP contribution >= 0.6 is 0 Å². The Morgan fingerprint density at radius 2 is 1.96 bits per heavy atom. The lowest BCUT2D eigenvalue weighted by Crippen LogP contribution is -2.28. The van der Waals surface area contributed by atoms with Crippen molar-refractivity contribution in [2.24, 2.45) is 0 Å². The molecule has 0 aliphatic heterocycles. The largest absolute Gasteiger partial charge is 0.340 e. The molecule has 1 N–H and O–H groups in total. The molecule has 5 nitrogen and oxygen atoms in total. The van der Waals surface area contributed by atoms with Crippen LogP contribution in [0.5, 0.6) is 0 Å². The van der Waals surface area contributed by atoms with E-state index in [4.69, 9.17) is 0 Å². The number of nitrogens with one attached hydrogen (secondary N) is 1. The van der Waals surface area contributed by atoms with E-state index in [0.717, 1.165) is 25.0 Å². The summed E-state index contributed by atoms with van der Waals surface area (Å²) in [5.74, 6) is -1.95. The minimum atomic E-state index is -0.969. The number of unbranched alkanes of at least 4 members (excludes halogenated alkanes) is 1. The number of rotatable bonds is 6. The third-order valence-electron chi connectivity index (χ3n) is 3.44. The molecular formula is C17H20F2N4O. The van der Waals surface area contributed by atoms with Crippen LogP contribution in [-0.4, -0.2) is 34.4 Å². The summed E-state index contributed by atoms with van der Waals surface area (Å²) in [6.07, 6.45) is 1.90. The number of halogens is 2. The minimum absolute atomic E-state index is 0.160. The third kappa shape index (κ3) is 4.47. The van der Waals surface area contributed by atoms with Crippen molar-refractivity contribution in [2.45, 2.75) is 26.7 Å². The van der Waals surface area contributed by atoms with Gasteiger partial charge in [-0.25, -0.2) is 18.7 Å². The second-order valence-corrected chi connectivity index (χ2v) is 5.55. The molecule has 0 saturated carbocycles. The highest BCUT2D eigenvalue weighted by Gasteiger charge is 2.15. The van der Waals surface area contributed by atoms with Gasteiger partial charge < -0.3 is 10.2 Å². The number of aryl methyl sites for hydroxylation is 1. The van der Waals surface area contributed by atoms with Crippen LogP contribution in [0.1, 0.15) is 35.9 Å². The number of nitrogens with zero attached hydrogens (tertiary/aromatic N) is 3. The van der Waals surface area contributed by atoms with Gasteiger partial charge in [0.2, 0.25) is 5.95 Å². The highest BCUT2D eigenvalue weighted by atomic mass is 19.2. The Morgan fingerprint density at radius 3 is 2.62 bits per heavy atom. The fraction of sp³-hybridized carbons (Fsp3) is 0.353. The minimum Gasteiger partial charge on any atom is -0.340 e. The molecule has 0 radical (unpaired) electrons. The standard InChI is InChI=1S/C17H20F2N4O/c1-4-5-8-23(3)16(24)15-9-11(2)20-17(22-15)21-12-6-7-13(18)14(19)10-12/h6-7,9-10H,4-5,8H2,1-3H3,(H,20,21,22). The number of benzene rings is 1. The maximum absolute atomic E-state index is 13.3. The molecule has 1 heterocycles. The Labute approximate surface area is 139 Å². The van der Waals surface area contributed by atoms with Crippen molar-refractivity contribution in [1.29, 1.82) is 0 Å². The van der Waals surface area contributed by atoms with Crippen LogP contribution in [0.2, 0.25) is 0 Å². The van der Waals surface area contributed by atoms with Gasteiger partial charge in [-0.3, -0.25) is 4.79 Å². The zero-order chi connectivity index (χ0) is 17.7. The Hall–Kier alpha value is -2.57. The lowest BCUT2D eigenvalue weighted by molar-refractivity contribution is 0.0787. The first-order valence-electron chi connectivity index (χ1n) is 7.74. The molecule has 2 aromatic rings. The Balaban J connectivity index is 2.21. The number of aromatic nitrogens is 2. The lowest BCUT2D eigenvalue weighted by Gasteiger charge is -2.17. The summed E-state index contributed by atoms with van der Waals surface area (Å²) < 4.78 is 26.3. The zero-order valence-electron chi connectivity index (χ0n) is 13.9. The monoisotopic (exact) mass is 334 g/mol. The van der Waals surface area contributed by atoms with Crippen LogP contribution in [0.4, 0.5) is 20.4 Å². The number of hydrogen-bond acceptors (Lipinski definition) is 4. The van der Waals surface area contributed by atoms with E-state index in [1.807, 2.05) is 0 Å². The van der Waals surface area contributed by atoms with Gasteiger partial charge in [-0.2, -0.15) is 0 Å². The zero-order valence-corrected chi connectivity index (χ0v) is 13.9. The molecule has 0 bridgehead atoms. The maximum atomic E-state index is 13.3. The molecule has 1 aromatic carbocycles. The molecular weight excluding hydrogens is 314 g/mol. The highest BCUT2D eigenvalue weighted by molar-refractivity contribution is 5.92. The van der Waals surface area contributed by atoms with E-state index < -0.39 is 11.6 Å². The Kier molecular flexibility index (Phi) is 5.78. The second kappa shape index (κ2) is 7.81. The van der Waals surface area contributed by atoms with Gasteiger partial charge in [-0.15, -0.1) is 0 Å². The fourth-order valence-corrected chi connectivity index (χ4v) is 2.13. The third-order valence-corrected chi connectivity index (χ3v) is 3.44. The second-order valence-electron chi connectivity index (χ2n) is 5.55. The molecule has 0 unspecified atom stereocenters. The van der Waals surface area contributed by atoms with E-state index in [2.05, 4.69) is 22.2 Å². The van der Waals surface area contributed by atoms with E-state index in [1.165, 1.54) is 6.07 Å². The number of carbonyl (C=O) groups is 1. The highest BCUT2D eigenvalue weighted by Crippen LogP contribution is 2.17. The molecule has 1 aromatic heterocycles. The Morgan fingerprint density at radius 1 is 1.21 bits per heavy atom. The van der Waals surface area contributed by atoms with Gasteiger partial charge in [0.05, 0.1) is 0 Å². The molecule has 0 atom stereocenters. The molecule has 7 heteroatoms. The van der Waals surface area contributed by atoms with Gasteiger partial charge in [0.15, 0.2) is 11.6 Å². The predicted octanol–water partition coefficient (Wildman–Crippen LogP) is 3.68. The summed E-state index contributed by atoms with van der Waals surface area (Å²) >= 11 is 0. The fourth-order valence-electron chi connectivity index (χ4n) is 2.13. The number of hydrogen-bond donors (Lipinski definition) is 1. The van der Waals surface area contributed by atoms with Gasteiger partial charge in [0, 0.05) is 31.0 Å². The topological polar surface area (TPSA) is 58.1 Å². The normalized spacial score (nSPS) is 10.5. The lowest BCUT2D eigenvalue weighted by atomic mass is 10.2. The first-order valence-corrected chi connectivity index (χ1v) is 7.74. The van der Waals surface area contributed by atoms with Crippen LogP contribution in [0.15, 0.2) is 24.3 Å².